The van der Waals surface area contributed by atoms with Gasteiger partial charge in [-0.2, -0.15) is 0 Å². The highest BCUT2D eigenvalue weighted by Crippen LogP contribution is 2.38. The first-order valence-corrected chi connectivity index (χ1v) is 5.47. The molecule has 1 N–H and O–H groups in total. The largest absolute Gasteiger partial charge is 0.294 e. The molecule has 2 aliphatic heterocycles. The van der Waals surface area contributed by atoms with Crippen molar-refractivity contribution in [1.82, 2.24) is 10.2 Å². The summed E-state index contributed by atoms with van der Waals surface area (Å²) in [5.74, 6) is 0. The van der Waals surface area contributed by atoms with Crippen molar-refractivity contribution >= 4 is 0 Å². The number of fused-ring (bicyclic) bond motifs is 1. The Labute approximate surface area is 84.9 Å². The van der Waals surface area contributed by atoms with E-state index in [1.54, 1.807) is 0 Å². The first kappa shape index (κ1) is 8.45. The predicted octanol–water partition coefficient (Wildman–Crippen LogP) is 1.54. The molecule has 14 heavy (non-hydrogen) atoms. The van der Waals surface area contributed by atoms with Crippen LogP contribution in [0.3, 0.4) is 0 Å². The van der Waals surface area contributed by atoms with E-state index in [4.69, 9.17) is 0 Å². The van der Waals surface area contributed by atoms with Gasteiger partial charge < -0.3 is 0 Å². The van der Waals surface area contributed by atoms with Crippen molar-refractivity contribution < 1.29 is 0 Å². The van der Waals surface area contributed by atoms with Crippen molar-refractivity contribution in [1.29, 1.82) is 0 Å². The molecule has 3 rings (SSSR count). The van der Waals surface area contributed by atoms with Gasteiger partial charge in [0.05, 0.1) is 5.66 Å². The summed E-state index contributed by atoms with van der Waals surface area (Å²) in [4.78, 5) is 2.59. The highest BCUT2D eigenvalue weighted by molar-refractivity contribution is 5.26. The van der Waals surface area contributed by atoms with Crippen LogP contribution >= 0.6 is 0 Å². The van der Waals surface area contributed by atoms with Gasteiger partial charge in [0.2, 0.25) is 0 Å². The maximum atomic E-state index is 3.67. The minimum atomic E-state index is 0.182. The minimum absolute atomic E-state index is 0.182. The average Bonchev–Trinajstić information content (AvgIpc) is 2.77. The lowest BCUT2D eigenvalue weighted by atomic mass is 9.98. The molecule has 1 aromatic rings. The third-order valence-corrected chi connectivity index (χ3v) is 3.56. The third kappa shape index (κ3) is 1.04. The van der Waals surface area contributed by atoms with E-state index in [0.29, 0.717) is 0 Å². The van der Waals surface area contributed by atoms with Gasteiger partial charge in [0.1, 0.15) is 0 Å². The normalized spacial score (nSPS) is 32.0. The summed E-state index contributed by atoms with van der Waals surface area (Å²) in [6.45, 7) is 3.59. The average molecular weight is 188 g/mol. The molecule has 2 aliphatic rings. The molecule has 0 bridgehead atoms. The zero-order valence-corrected chi connectivity index (χ0v) is 8.37. The lowest BCUT2D eigenvalue weighted by Gasteiger charge is -2.32. The molecule has 0 radical (unpaired) electrons. The SMILES string of the molecule is c1ccc(C23CCCN2CCN3)cc1. The van der Waals surface area contributed by atoms with E-state index in [0.717, 1.165) is 6.54 Å². The van der Waals surface area contributed by atoms with Crippen LogP contribution in [0.1, 0.15) is 18.4 Å². The molecular weight excluding hydrogens is 172 g/mol. The van der Waals surface area contributed by atoms with Gasteiger partial charge in [-0.3, -0.25) is 10.2 Å². The summed E-state index contributed by atoms with van der Waals surface area (Å²) >= 11 is 0. The number of rotatable bonds is 1. The fourth-order valence-corrected chi connectivity index (χ4v) is 2.92. The van der Waals surface area contributed by atoms with Crippen LogP contribution in [-0.2, 0) is 5.66 Å². The lowest BCUT2D eigenvalue weighted by Crippen LogP contribution is -2.43. The molecule has 1 atom stereocenters. The fraction of sp³-hybridized carbons (Fsp3) is 0.500. The summed E-state index contributed by atoms with van der Waals surface area (Å²) in [7, 11) is 0. The maximum absolute atomic E-state index is 3.67. The quantitative estimate of drug-likeness (QED) is 0.719. The van der Waals surface area contributed by atoms with Crippen LogP contribution in [0.2, 0.25) is 0 Å². The Morgan fingerprint density at radius 2 is 2.00 bits per heavy atom. The third-order valence-electron chi connectivity index (χ3n) is 3.56. The van der Waals surface area contributed by atoms with Gasteiger partial charge >= 0.3 is 0 Å². The highest BCUT2D eigenvalue weighted by atomic mass is 15.4. The molecule has 74 valence electrons. The van der Waals surface area contributed by atoms with Crippen molar-refractivity contribution in [3.63, 3.8) is 0 Å². The first-order chi connectivity index (χ1) is 6.92. The smallest absolute Gasteiger partial charge is 0.0976 e. The van der Waals surface area contributed by atoms with Gasteiger partial charge in [0, 0.05) is 19.6 Å². The number of nitrogens with zero attached hydrogens (tertiary/aromatic N) is 1. The number of hydrogen-bond donors (Lipinski definition) is 1. The maximum Gasteiger partial charge on any atom is 0.0976 e. The van der Waals surface area contributed by atoms with Crippen molar-refractivity contribution in [3.05, 3.63) is 35.9 Å². The Bertz CT molecular complexity index is 310. The van der Waals surface area contributed by atoms with Crippen LogP contribution in [0, 0.1) is 0 Å². The minimum Gasteiger partial charge on any atom is -0.294 e. The second-order valence-corrected chi connectivity index (χ2v) is 4.24. The van der Waals surface area contributed by atoms with Crippen LogP contribution < -0.4 is 5.32 Å². The standard InChI is InChI=1S/C12H16N2/c1-2-5-11(6-3-1)12-7-4-9-14(12)10-8-13-12/h1-3,5-6,13H,4,7-10H2. The first-order valence-electron chi connectivity index (χ1n) is 5.47. The molecule has 2 saturated heterocycles. The van der Waals surface area contributed by atoms with Crippen LogP contribution in [0.5, 0.6) is 0 Å². The van der Waals surface area contributed by atoms with E-state index in [2.05, 4.69) is 40.5 Å². The van der Waals surface area contributed by atoms with Crippen molar-refractivity contribution in [2.45, 2.75) is 18.5 Å². The summed E-state index contributed by atoms with van der Waals surface area (Å²) in [6.07, 6.45) is 2.58. The number of benzene rings is 1. The topological polar surface area (TPSA) is 15.3 Å². The fourth-order valence-electron chi connectivity index (χ4n) is 2.92. The molecular formula is C12H16N2. The Morgan fingerprint density at radius 1 is 1.14 bits per heavy atom. The molecule has 2 heteroatoms. The highest BCUT2D eigenvalue weighted by Gasteiger charge is 2.44. The van der Waals surface area contributed by atoms with Crippen LogP contribution in [0.25, 0.3) is 0 Å². The monoisotopic (exact) mass is 188 g/mol. The summed E-state index contributed by atoms with van der Waals surface area (Å²) < 4.78 is 0. The predicted molar refractivity (Wildman–Crippen MR) is 56.9 cm³/mol. The van der Waals surface area contributed by atoms with Gasteiger partial charge in [0.25, 0.3) is 0 Å². The van der Waals surface area contributed by atoms with Crippen LogP contribution in [-0.4, -0.2) is 24.5 Å². The van der Waals surface area contributed by atoms with Crippen molar-refractivity contribution in [3.8, 4) is 0 Å². The molecule has 1 aromatic carbocycles. The van der Waals surface area contributed by atoms with E-state index in [1.165, 1.54) is 31.5 Å². The Morgan fingerprint density at radius 3 is 2.86 bits per heavy atom. The molecule has 0 spiro atoms. The molecule has 2 fully saturated rings. The van der Waals surface area contributed by atoms with Gasteiger partial charge in [-0.1, -0.05) is 30.3 Å². The summed E-state index contributed by atoms with van der Waals surface area (Å²) in [5.41, 5.74) is 1.62. The van der Waals surface area contributed by atoms with Crippen LogP contribution in [0.4, 0.5) is 0 Å². The second kappa shape index (κ2) is 3.07. The van der Waals surface area contributed by atoms with E-state index >= 15 is 0 Å². The summed E-state index contributed by atoms with van der Waals surface area (Å²) in [5, 5.41) is 3.67. The Kier molecular flexibility index (Phi) is 1.85. The zero-order valence-electron chi connectivity index (χ0n) is 8.37. The molecule has 2 nitrogen and oxygen atoms in total. The lowest BCUT2D eigenvalue weighted by molar-refractivity contribution is 0.175. The van der Waals surface area contributed by atoms with E-state index in [-0.39, 0.29) is 5.66 Å². The summed E-state index contributed by atoms with van der Waals surface area (Å²) in [6, 6.07) is 10.9. The molecule has 0 aliphatic carbocycles. The molecule has 2 heterocycles. The second-order valence-electron chi connectivity index (χ2n) is 4.24. The van der Waals surface area contributed by atoms with E-state index in [1.807, 2.05) is 0 Å². The van der Waals surface area contributed by atoms with Gasteiger partial charge in [-0.15, -0.1) is 0 Å². The molecule has 0 aromatic heterocycles. The Hall–Kier alpha value is -0.860. The molecule has 0 amide bonds. The molecule has 1 unspecified atom stereocenters. The van der Waals surface area contributed by atoms with Gasteiger partial charge in [-0.05, 0) is 18.4 Å². The van der Waals surface area contributed by atoms with Crippen LogP contribution in [0.15, 0.2) is 30.3 Å². The van der Waals surface area contributed by atoms with E-state index < -0.39 is 0 Å². The zero-order chi connectivity index (χ0) is 9.43. The van der Waals surface area contributed by atoms with Crippen molar-refractivity contribution in [2.24, 2.45) is 0 Å². The Balaban J connectivity index is 2.03. The number of nitrogens with one attached hydrogen (secondary N) is 1. The molecule has 0 saturated carbocycles. The van der Waals surface area contributed by atoms with E-state index in [9.17, 15) is 0 Å². The van der Waals surface area contributed by atoms with Gasteiger partial charge in [-0.25, -0.2) is 0 Å². The number of hydrogen-bond acceptors (Lipinski definition) is 2. The van der Waals surface area contributed by atoms with Gasteiger partial charge in [0.15, 0.2) is 0 Å². The van der Waals surface area contributed by atoms with Crippen molar-refractivity contribution in [2.75, 3.05) is 19.6 Å².